The fourth-order valence-electron chi connectivity index (χ4n) is 4.35. The van der Waals surface area contributed by atoms with Crippen LogP contribution in [0.25, 0.3) is 0 Å². The van der Waals surface area contributed by atoms with Gasteiger partial charge in [-0.2, -0.15) is 0 Å². The lowest BCUT2D eigenvalue weighted by atomic mass is 9.66. The van der Waals surface area contributed by atoms with Crippen LogP contribution in [-0.2, 0) is 19.1 Å². The molecule has 0 spiro atoms. The number of aliphatic hydroxyl groups excluding tert-OH is 1. The van der Waals surface area contributed by atoms with Crippen molar-refractivity contribution in [3.8, 4) is 0 Å². The minimum absolute atomic E-state index is 0.0773. The first-order chi connectivity index (χ1) is 13.7. The van der Waals surface area contributed by atoms with E-state index < -0.39 is 18.5 Å². The number of ketones is 1. The summed E-state index contributed by atoms with van der Waals surface area (Å²) in [5.74, 6) is -1.04. The molecule has 6 atom stereocenters. The number of aliphatic carboxylic acids is 1. The topological polar surface area (TPSA) is 101 Å². The number of rotatable bonds is 10. The number of carboxylic acids is 1. The second kappa shape index (κ2) is 10.7. The van der Waals surface area contributed by atoms with Gasteiger partial charge in [-0.25, -0.2) is 0 Å². The second-order valence-corrected chi connectivity index (χ2v) is 8.51. The van der Waals surface area contributed by atoms with Gasteiger partial charge in [-0.1, -0.05) is 39.0 Å². The first kappa shape index (κ1) is 23.3. The Hall–Kier alpha value is -1.95. The highest BCUT2D eigenvalue weighted by Crippen LogP contribution is 2.43. The Morgan fingerprint density at radius 3 is 2.66 bits per heavy atom. The van der Waals surface area contributed by atoms with Crippen molar-refractivity contribution < 1.29 is 29.3 Å². The molecule has 0 unspecified atom stereocenters. The molecule has 6 nitrogen and oxygen atoms in total. The largest absolute Gasteiger partial charge is 0.481 e. The molecule has 2 rings (SSSR count). The number of Topliss-reactive ketones (excluding diaryl/α,β-unsaturated/α-hetero) is 1. The van der Waals surface area contributed by atoms with Crippen molar-refractivity contribution in [3.63, 3.8) is 0 Å². The van der Waals surface area contributed by atoms with E-state index >= 15 is 0 Å². The third-order valence-corrected chi connectivity index (χ3v) is 6.26. The van der Waals surface area contributed by atoms with E-state index in [1.165, 1.54) is 5.57 Å². The van der Waals surface area contributed by atoms with Gasteiger partial charge in [0.2, 0.25) is 0 Å². The molecule has 0 fully saturated rings. The molecule has 2 N–H and O–H groups in total. The van der Waals surface area contributed by atoms with Crippen LogP contribution < -0.4 is 0 Å². The molecule has 0 aromatic heterocycles. The van der Waals surface area contributed by atoms with Crippen molar-refractivity contribution in [1.29, 1.82) is 0 Å². The van der Waals surface area contributed by atoms with Crippen LogP contribution in [0.2, 0.25) is 0 Å². The van der Waals surface area contributed by atoms with Gasteiger partial charge in [-0.05, 0) is 43.1 Å². The average Bonchev–Trinajstić information content (AvgIpc) is 2.66. The average molecular weight is 407 g/mol. The fraction of sp³-hybridized carbons (Fsp3) is 0.696. The summed E-state index contributed by atoms with van der Waals surface area (Å²) in [6, 6.07) is 0. The number of hydrogen-bond donors (Lipinski definition) is 2. The van der Waals surface area contributed by atoms with E-state index in [9.17, 15) is 19.5 Å². The molecule has 0 aromatic carbocycles. The molecule has 0 saturated heterocycles. The van der Waals surface area contributed by atoms with Crippen LogP contribution in [0.4, 0.5) is 0 Å². The molecule has 29 heavy (non-hydrogen) atoms. The summed E-state index contributed by atoms with van der Waals surface area (Å²) >= 11 is 0. The van der Waals surface area contributed by atoms with E-state index in [1.807, 2.05) is 13.8 Å². The number of fused-ring (bicyclic) bond motifs is 1. The van der Waals surface area contributed by atoms with Crippen LogP contribution in [0.1, 0.15) is 65.7 Å². The zero-order chi connectivity index (χ0) is 21.6. The zero-order valence-corrected chi connectivity index (χ0v) is 17.7. The van der Waals surface area contributed by atoms with Gasteiger partial charge in [0.25, 0.3) is 0 Å². The first-order valence-electron chi connectivity index (χ1n) is 10.7. The zero-order valence-electron chi connectivity index (χ0n) is 17.7. The van der Waals surface area contributed by atoms with E-state index in [0.29, 0.717) is 6.42 Å². The monoisotopic (exact) mass is 406 g/mol. The van der Waals surface area contributed by atoms with Crippen molar-refractivity contribution >= 4 is 17.7 Å². The fourth-order valence-corrected chi connectivity index (χ4v) is 4.35. The number of allylic oxidation sites excluding steroid dienone is 3. The molecule has 2 aliphatic rings. The van der Waals surface area contributed by atoms with E-state index in [1.54, 1.807) is 0 Å². The second-order valence-electron chi connectivity index (χ2n) is 8.51. The van der Waals surface area contributed by atoms with Crippen LogP contribution in [0.5, 0.6) is 0 Å². The minimum Gasteiger partial charge on any atom is -0.481 e. The number of carbonyl (C=O) groups excluding carboxylic acids is 2. The lowest BCUT2D eigenvalue weighted by molar-refractivity contribution is -0.158. The Kier molecular flexibility index (Phi) is 8.62. The molecule has 6 heteroatoms. The molecule has 0 saturated carbocycles. The number of carboxylic acid groups (broad SMARTS) is 1. The van der Waals surface area contributed by atoms with Gasteiger partial charge in [-0.3, -0.25) is 14.4 Å². The molecule has 162 valence electrons. The normalized spacial score (nSPS) is 28.1. The Balaban J connectivity index is 2.04. The molecule has 2 aliphatic carbocycles. The van der Waals surface area contributed by atoms with Gasteiger partial charge in [0.15, 0.2) is 0 Å². The van der Waals surface area contributed by atoms with Crippen LogP contribution in [0.15, 0.2) is 23.8 Å². The van der Waals surface area contributed by atoms with Crippen LogP contribution in [0, 0.1) is 23.7 Å². The van der Waals surface area contributed by atoms with Crippen molar-refractivity contribution in [3.05, 3.63) is 23.8 Å². The van der Waals surface area contributed by atoms with Crippen LogP contribution in [0.3, 0.4) is 0 Å². The predicted molar refractivity (Wildman–Crippen MR) is 109 cm³/mol. The highest BCUT2D eigenvalue weighted by atomic mass is 16.5. The Morgan fingerprint density at radius 2 is 2.00 bits per heavy atom. The number of esters is 1. The maximum Gasteiger partial charge on any atom is 0.308 e. The molecular weight excluding hydrogens is 372 g/mol. The summed E-state index contributed by atoms with van der Waals surface area (Å²) in [5.41, 5.74) is 1.18. The molecule has 0 amide bonds. The Labute approximate surface area is 173 Å². The van der Waals surface area contributed by atoms with Crippen molar-refractivity contribution in [2.75, 3.05) is 0 Å². The van der Waals surface area contributed by atoms with Gasteiger partial charge in [0, 0.05) is 18.8 Å². The number of hydrogen-bond acceptors (Lipinski definition) is 5. The summed E-state index contributed by atoms with van der Waals surface area (Å²) in [6.45, 7) is 5.96. The number of aliphatic hydroxyl groups is 1. The quantitative estimate of drug-likeness (QED) is 0.537. The summed E-state index contributed by atoms with van der Waals surface area (Å²) in [7, 11) is 0. The van der Waals surface area contributed by atoms with E-state index in [4.69, 9.17) is 9.84 Å². The van der Waals surface area contributed by atoms with Crippen molar-refractivity contribution in [2.45, 2.75) is 77.9 Å². The van der Waals surface area contributed by atoms with E-state index in [2.05, 4.69) is 25.2 Å². The summed E-state index contributed by atoms with van der Waals surface area (Å²) < 4.78 is 5.90. The molecule has 0 heterocycles. The molecule has 0 aliphatic heterocycles. The minimum atomic E-state index is -1.14. The number of ether oxygens (including phenoxy) is 1. The Morgan fingerprint density at radius 1 is 1.28 bits per heavy atom. The highest BCUT2D eigenvalue weighted by Gasteiger charge is 2.40. The van der Waals surface area contributed by atoms with Gasteiger partial charge in [0.1, 0.15) is 11.9 Å². The lowest BCUT2D eigenvalue weighted by Gasteiger charge is -2.41. The van der Waals surface area contributed by atoms with Gasteiger partial charge < -0.3 is 14.9 Å². The van der Waals surface area contributed by atoms with Crippen molar-refractivity contribution in [1.82, 2.24) is 0 Å². The third kappa shape index (κ3) is 6.53. The van der Waals surface area contributed by atoms with Gasteiger partial charge >= 0.3 is 11.9 Å². The smallest absolute Gasteiger partial charge is 0.308 e. The number of carbonyl (C=O) groups is 3. The van der Waals surface area contributed by atoms with Crippen molar-refractivity contribution in [2.24, 2.45) is 23.7 Å². The summed E-state index contributed by atoms with van der Waals surface area (Å²) in [4.78, 5) is 35.3. The van der Waals surface area contributed by atoms with Crippen LogP contribution in [-0.4, -0.2) is 40.1 Å². The lowest BCUT2D eigenvalue weighted by Crippen LogP contribution is -2.40. The first-order valence-corrected chi connectivity index (χ1v) is 10.7. The maximum atomic E-state index is 12.4. The van der Waals surface area contributed by atoms with Gasteiger partial charge in [0.05, 0.1) is 18.4 Å². The molecule has 0 aromatic rings. The SMILES string of the molecule is CC[C@H](C)C(=O)O[C@H]1CCC=C2C=C[C@H](C)[C@H](CCC(=O)C[C@@H](O)CC(=O)O)[C@H]21. The summed E-state index contributed by atoms with van der Waals surface area (Å²) in [6.07, 6.45) is 7.91. The molecule has 0 radical (unpaired) electrons. The standard InChI is InChI=1S/C23H34O6/c1-4-14(2)23(28)29-20-7-5-6-16-9-8-15(3)19(22(16)20)11-10-17(24)12-18(25)13-21(26)27/h6,8-9,14-15,18-20,22,25H,4-5,7,10-13H2,1-3H3,(H,26,27)/t14-,15-,18+,19-,20-,22-/m0/s1. The predicted octanol–water partition coefficient (Wildman–Crippen LogP) is 3.68. The van der Waals surface area contributed by atoms with E-state index in [-0.39, 0.29) is 54.4 Å². The van der Waals surface area contributed by atoms with Gasteiger partial charge in [-0.15, -0.1) is 0 Å². The Bertz CT molecular complexity index is 664. The highest BCUT2D eigenvalue weighted by molar-refractivity contribution is 5.79. The maximum absolute atomic E-state index is 12.4. The third-order valence-electron chi connectivity index (χ3n) is 6.26. The molecular formula is C23H34O6. The summed E-state index contributed by atoms with van der Waals surface area (Å²) in [5, 5.41) is 18.4. The van der Waals surface area contributed by atoms with E-state index in [0.717, 1.165) is 19.3 Å². The molecule has 0 bridgehead atoms. The van der Waals surface area contributed by atoms with Crippen LogP contribution >= 0.6 is 0 Å².